The lowest BCUT2D eigenvalue weighted by atomic mass is 9.79. The third-order valence-electron chi connectivity index (χ3n) is 3.63. The van der Waals surface area contributed by atoms with E-state index in [1.165, 1.54) is 11.1 Å². The van der Waals surface area contributed by atoms with Gasteiger partial charge in [0.1, 0.15) is 0 Å². The highest BCUT2D eigenvalue weighted by molar-refractivity contribution is 6.02. The van der Waals surface area contributed by atoms with Gasteiger partial charge in [0.2, 0.25) is 0 Å². The molecule has 1 aliphatic rings. The standard InChI is InChI=1S/C16H15NO/c18-17-16-11-14(12-6-2-1-3-7-12)10-13-8-4-5-9-15(13)16/h1-9,14,18H,10-11H2/b17-16+. The fraction of sp³-hybridized carbons (Fsp3) is 0.188. The molecule has 0 amide bonds. The number of fused-ring (bicyclic) bond motifs is 1. The SMILES string of the molecule is O/N=C1\CC(c2ccccc2)Cc2ccccc21. The van der Waals surface area contributed by atoms with Crippen molar-refractivity contribution in [3.63, 3.8) is 0 Å². The summed E-state index contributed by atoms with van der Waals surface area (Å²) in [4.78, 5) is 0. The molecule has 0 saturated carbocycles. The van der Waals surface area contributed by atoms with E-state index in [9.17, 15) is 5.21 Å². The highest BCUT2D eigenvalue weighted by Crippen LogP contribution is 2.32. The molecule has 0 heterocycles. The summed E-state index contributed by atoms with van der Waals surface area (Å²) in [5.74, 6) is 0.409. The maximum atomic E-state index is 9.19. The van der Waals surface area contributed by atoms with Crippen LogP contribution < -0.4 is 0 Å². The molecule has 1 unspecified atom stereocenters. The van der Waals surface area contributed by atoms with E-state index in [0.717, 1.165) is 24.1 Å². The molecule has 0 aromatic heterocycles. The van der Waals surface area contributed by atoms with Gasteiger partial charge in [-0.25, -0.2) is 0 Å². The summed E-state index contributed by atoms with van der Waals surface area (Å²) >= 11 is 0. The zero-order valence-corrected chi connectivity index (χ0v) is 10.1. The lowest BCUT2D eigenvalue weighted by molar-refractivity contribution is 0.317. The zero-order chi connectivity index (χ0) is 12.4. The average molecular weight is 237 g/mol. The van der Waals surface area contributed by atoms with E-state index in [2.05, 4.69) is 35.5 Å². The van der Waals surface area contributed by atoms with Gasteiger partial charge in [0.05, 0.1) is 5.71 Å². The van der Waals surface area contributed by atoms with Gasteiger partial charge in [-0.2, -0.15) is 0 Å². The summed E-state index contributed by atoms with van der Waals surface area (Å²) in [6.07, 6.45) is 1.82. The molecule has 0 radical (unpaired) electrons. The number of nitrogens with zero attached hydrogens (tertiary/aromatic N) is 1. The zero-order valence-electron chi connectivity index (χ0n) is 10.1. The van der Waals surface area contributed by atoms with Gasteiger partial charge in [0, 0.05) is 12.0 Å². The third-order valence-corrected chi connectivity index (χ3v) is 3.63. The number of hydrogen-bond acceptors (Lipinski definition) is 2. The minimum absolute atomic E-state index is 0.409. The Morgan fingerprint density at radius 3 is 2.39 bits per heavy atom. The summed E-state index contributed by atoms with van der Waals surface area (Å²) in [5.41, 5.74) is 4.47. The first-order chi connectivity index (χ1) is 8.88. The maximum Gasteiger partial charge on any atom is 0.0876 e. The van der Waals surface area contributed by atoms with E-state index in [0.29, 0.717) is 5.92 Å². The van der Waals surface area contributed by atoms with Crippen LogP contribution in [0.2, 0.25) is 0 Å². The van der Waals surface area contributed by atoms with E-state index >= 15 is 0 Å². The van der Waals surface area contributed by atoms with Crippen LogP contribution in [0.5, 0.6) is 0 Å². The summed E-state index contributed by atoms with van der Waals surface area (Å²) in [7, 11) is 0. The van der Waals surface area contributed by atoms with Crippen LogP contribution >= 0.6 is 0 Å². The van der Waals surface area contributed by atoms with E-state index in [1.807, 2.05) is 24.3 Å². The lowest BCUT2D eigenvalue weighted by Gasteiger charge is -2.25. The van der Waals surface area contributed by atoms with Crippen LogP contribution in [0.15, 0.2) is 59.8 Å². The second-order valence-electron chi connectivity index (χ2n) is 4.72. The van der Waals surface area contributed by atoms with Gasteiger partial charge in [-0.1, -0.05) is 59.8 Å². The van der Waals surface area contributed by atoms with Gasteiger partial charge in [-0.05, 0) is 23.5 Å². The van der Waals surface area contributed by atoms with Gasteiger partial charge >= 0.3 is 0 Å². The molecule has 1 atom stereocenters. The monoisotopic (exact) mass is 237 g/mol. The molecule has 1 aliphatic carbocycles. The summed E-state index contributed by atoms with van der Waals surface area (Å²) in [6, 6.07) is 18.6. The number of benzene rings is 2. The molecule has 3 rings (SSSR count). The highest BCUT2D eigenvalue weighted by atomic mass is 16.4. The minimum Gasteiger partial charge on any atom is -0.411 e. The van der Waals surface area contributed by atoms with Crippen molar-refractivity contribution in [3.05, 3.63) is 71.3 Å². The van der Waals surface area contributed by atoms with Crippen LogP contribution in [-0.2, 0) is 6.42 Å². The van der Waals surface area contributed by atoms with Gasteiger partial charge < -0.3 is 5.21 Å². The Bertz CT molecular complexity index is 575. The molecule has 2 aromatic rings. The van der Waals surface area contributed by atoms with Crippen molar-refractivity contribution in [1.82, 2.24) is 0 Å². The molecule has 0 fully saturated rings. The van der Waals surface area contributed by atoms with Crippen LogP contribution in [0, 0.1) is 0 Å². The molecule has 0 bridgehead atoms. The Kier molecular flexibility index (Phi) is 2.85. The Morgan fingerprint density at radius 2 is 1.61 bits per heavy atom. The van der Waals surface area contributed by atoms with Crippen molar-refractivity contribution in [2.75, 3.05) is 0 Å². The molecule has 0 spiro atoms. The van der Waals surface area contributed by atoms with E-state index in [-0.39, 0.29) is 0 Å². The predicted molar refractivity (Wildman–Crippen MR) is 72.3 cm³/mol. The molecular weight excluding hydrogens is 222 g/mol. The Balaban J connectivity index is 2.00. The van der Waals surface area contributed by atoms with E-state index < -0.39 is 0 Å². The van der Waals surface area contributed by atoms with E-state index in [1.54, 1.807) is 0 Å². The number of hydrogen-bond donors (Lipinski definition) is 1. The van der Waals surface area contributed by atoms with Crippen LogP contribution in [0.1, 0.15) is 29.0 Å². The summed E-state index contributed by atoms with van der Waals surface area (Å²) in [6.45, 7) is 0. The van der Waals surface area contributed by atoms with Crippen molar-refractivity contribution < 1.29 is 5.21 Å². The second kappa shape index (κ2) is 4.65. The topological polar surface area (TPSA) is 32.6 Å². The predicted octanol–water partition coefficient (Wildman–Crippen LogP) is 3.59. The van der Waals surface area contributed by atoms with Gasteiger partial charge in [0.25, 0.3) is 0 Å². The van der Waals surface area contributed by atoms with Gasteiger partial charge in [-0.15, -0.1) is 0 Å². The van der Waals surface area contributed by atoms with Crippen molar-refractivity contribution in [2.45, 2.75) is 18.8 Å². The van der Waals surface area contributed by atoms with Crippen molar-refractivity contribution in [3.8, 4) is 0 Å². The number of rotatable bonds is 1. The first kappa shape index (κ1) is 11.0. The summed E-state index contributed by atoms with van der Waals surface area (Å²) < 4.78 is 0. The molecule has 1 N–H and O–H groups in total. The quantitative estimate of drug-likeness (QED) is 0.596. The fourth-order valence-corrected chi connectivity index (χ4v) is 2.72. The van der Waals surface area contributed by atoms with Crippen molar-refractivity contribution in [1.29, 1.82) is 0 Å². The average Bonchev–Trinajstić information content (AvgIpc) is 2.47. The normalized spacial score (nSPS) is 20.7. The first-order valence-electron chi connectivity index (χ1n) is 6.22. The smallest absolute Gasteiger partial charge is 0.0876 e. The summed E-state index contributed by atoms with van der Waals surface area (Å²) in [5, 5.41) is 12.7. The van der Waals surface area contributed by atoms with Crippen molar-refractivity contribution in [2.24, 2.45) is 5.16 Å². The molecule has 0 saturated heterocycles. The lowest BCUT2D eigenvalue weighted by Crippen LogP contribution is -2.19. The molecule has 18 heavy (non-hydrogen) atoms. The largest absolute Gasteiger partial charge is 0.411 e. The first-order valence-corrected chi connectivity index (χ1v) is 6.22. The molecule has 2 heteroatoms. The van der Waals surface area contributed by atoms with Crippen LogP contribution in [0.25, 0.3) is 0 Å². The molecular formula is C16H15NO. The maximum absolute atomic E-state index is 9.19. The van der Waals surface area contributed by atoms with Crippen LogP contribution in [-0.4, -0.2) is 10.9 Å². The minimum atomic E-state index is 0.409. The third kappa shape index (κ3) is 1.90. The van der Waals surface area contributed by atoms with Gasteiger partial charge in [-0.3, -0.25) is 0 Å². The number of oxime groups is 1. The Hall–Kier alpha value is -2.09. The fourth-order valence-electron chi connectivity index (χ4n) is 2.72. The molecule has 2 aromatic carbocycles. The molecule has 90 valence electrons. The van der Waals surface area contributed by atoms with Gasteiger partial charge in [0.15, 0.2) is 0 Å². The van der Waals surface area contributed by atoms with E-state index in [4.69, 9.17) is 0 Å². The van der Waals surface area contributed by atoms with Crippen LogP contribution in [0.3, 0.4) is 0 Å². The Morgan fingerprint density at radius 1 is 0.889 bits per heavy atom. The van der Waals surface area contributed by atoms with Crippen LogP contribution in [0.4, 0.5) is 0 Å². The highest BCUT2D eigenvalue weighted by Gasteiger charge is 2.24. The Labute approximate surface area is 107 Å². The van der Waals surface area contributed by atoms with Crippen molar-refractivity contribution >= 4 is 5.71 Å². The molecule has 0 aliphatic heterocycles. The second-order valence-corrected chi connectivity index (χ2v) is 4.72. The molecule has 2 nitrogen and oxygen atoms in total.